The predicted molar refractivity (Wildman–Crippen MR) is 115 cm³/mol. The molecule has 3 aromatic rings. The van der Waals surface area contributed by atoms with E-state index in [1.165, 1.54) is 24.0 Å². The van der Waals surface area contributed by atoms with Crippen LogP contribution in [0.2, 0.25) is 0 Å². The average Bonchev–Trinajstić information content (AvgIpc) is 3.48. The van der Waals surface area contributed by atoms with Gasteiger partial charge in [0.25, 0.3) is 0 Å². The Morgan fingerprint density at radius 2 is 2.21 bits per heavy atom. The van der Waals surface area contributed by atoms with Gasteiger partial charge in [-0.05, 0) is 50.3 Å². The lowest BCUT2D eigenvalue weighted by molar-refractivity contribution is 0.503. The highest BCUT2D eigenvalue weighted by Crippen LogP contribution is 2.36. The van der Waals surface area contributed by atoms with Crippen LogP contribution in [0.15, 0.2) is 41.2 Å². The van der Waals surface area contributed by atoms with Crippen LogP contribution in [0.25, 0.3) is 16.5 Å². The largest absolute Gasteiger partial charge is 0.447 e. The smallest absolute Gasteiger partial charge is 0.225 e. The molecule has 29 heavy (non-hydrogen) atoms. The van der Waals surface area contributed by atoms with E-state index < -0.39 is 0 Å². The zero-order valence-corrected chi connectivity index (χ0v) is 16.6. The van der Waals surface area contributed by atoms with E-state index >= 15 is 0 Å². The lowest BCUT2D eigenvalue weighted by Crippen LogP contribution is -2.20. The number of nitrogens with one attached hydrogen (secondary N) is 3. The zero-order chi connectivity index (χ0) is 19.6. The van der Waals surface area contributed by atoms with Crippen LogP contribution in [-0.4, -0.2) is 34.1 Å². The van der Waals surface area contributed by atoms with Crippen molar-refractivity contribution in [2.75, 3.05) is 23.7 Å². The molecule has 7 heteroatoms. The molecule has 1 saturated carbocycles. The standard InChI is InChI=1S/C22H26N6O/c1-14(15-5-6-15)26-21-18-4-2-3-17(16-7-9-23-10-8-16)20(18)27-22(28-21)25-13-19-24-11-12-29-19/h2-4,7,11-12,14-15,23H,5-6,8-10,13H2,1H3,(H2,25,26,27,28)/t14-/m1/s1. The lowest BCUT2D eigenvalue weighted by atomic mass is 9.97. The number of para-hydroxylation sites is 1. The van der Waals surface area contributed by atoms with Gasteiger partial charge in [0, 0.05) is 23.5 Å². The topological polar surface area (TPSA) is 87.9 Å². The van der Waals surface area contributed by atoms with Crippen molar-refractivity contribution in [2.45, 2.75) is 38.8 Å². The molecule has 0 saturated heterocycles. The van der Waals surface area contributed by atoms with E-state index in [9.17, 15) is 0 Å². The van der Waals surface area contributed by atoms with Crippen LogP contribution < -0.4 is 16.0 Å². The monoisotopic (exact) mass is 390 g/mol. The van der Waals surface area contributed by atoms with Crippen LogP contribution in [0.5, 0.6) is 0 Å². The molecule has 7 nitrogen and oxygen atoms in total. The molecule has 0 spiro atoms. The Morgan fingerprint density at radius 1 is 1.28 bits per heavy atom. The zero-order valence-electron chi connectivity index (χ0n) is 16.6. The first-order valence-corrected chi connectivity index (χ1v) is 10.4. The molecular weight excluding hydrogens is 364 g/mol. The van der Waals surface area contributed by atoms with E-state index in [4.69, 9.17) is 14.4 Å². The number of rotatable bonds is 7. The Hall–Kier alpha value is -2.93. The second-order valence-electron chi connectivity index (χ2n) is 7.83. The van der Waals surface area contributed by atoms with Crippen LogP contribution in [0.1, 0.15) is 37.6 Å². The van der Waals surface area contributed by atoms with E-state index in [-0.39, 0.29) is 0 Å². The number of oxazole rings is 1. The van der Waals surface area contributed by atoms with Crippen molar-refractivity contribution in [3.63, 3.8) is 0 Å². The van der Waals surface area contributed by atoms with Crippen LogP contribution in [0, 0.1) is 5.92 Å². The molecule has 1 atom stereocenters. The van der Waals surface area contributed by atoms with Crippen LogP contribution in [0.3, 0.4) is 0 Å². The second-order valence-corrected chi connectivity index (χ2v) is 7.83. The highest BCUT2D eigenvalue weighted by molar-refractivity contribution is 5.97. The summed E-state index contributed by atoms with van der Waals surface area (Å²) < 4.78 is 5.34. The molecule has 1 aliphatic carbocycles. The minimum atomic E-state index is 0.398. The minimum Gasteiger partial charge on any atom is -0.447 e. The molecule has 5 rings (SSSR count). The number of benzene rings is 1. The first-order valence-electron chi connectivity index (χ1n) is 10.4. The predicted octanol–water partition coefficient (Wildman–Crippen LogP) is 3.82. The van der Waals surface area contributed by atoms with Crippen molar-refractivity contribution in [1.29, 1.82) is 0 Å². The Kier molecular flexibility index (Phi) is 4.89. The van der Waals surface area contributed by atoms with Gasteiger partial charge >= 0.3 is 0 Å². The van der Waals surface area contributed by atoms with Crippen molar-refractivity contribution in [3.8, 4) is 0 Å². The summed E-state index contributed by atoms with van der Waals surface area (Å²) in [5.74, 6) is 2.83. The summed E-state index contributed by atoms with van der Waals surface area (Å²) >= 11 is 0. The molecule has 1 aromatic carbocycles. The number of fused-ring (bicyclic) bond motifs is 1. The van der Waals surface area contributed by atoms with Crippen molar-refractivity contribution >= 4 is 28.2 Å². The third-order valence-electron chi connectivity index (χ3n) is 5.71. The molecule has 0 radical (unpaired) electrons. The van der Waals surface area contributed by atoms with E-state index in [1.54, 1.807) is 12.5 Å². The summed E-state index contributed by atoms with van der Waals surface area (Å²) in [5.41, 5.74) is 3.51. The van der Waals surface area contributed by atoms with Gasteiger partial charge in [0.2, 0.25) is 11.8 Å². The van der Waals surface area contributed by atoms with Gasteiger partial charge in [0.1, 0.15) is 12.1 Å². The lowest BCUT2D eigenvalue weighted by Gasteiger charge is -2.19. The maximum absolute atomic E-state index is 5.34. The van der Waals surface area contributed by atoms with Crippen LogP contribution in [-0.2, 0) is 6.54 Å². The Morgan fingerprint density at radius 3 is 2.97 bits per heavy atom. The summed E-state index contributed by atoms with van der Waals surface area (Å²) in [6, 6.07) is 6.78. The molecular formula is C22H26N6O. The van der Waals surface area contributed by atoms with E-state index in [2.05, 4.69) is 52.1 Å². The highest BCUT2D eigenvalue weighted by atomic mass is 16.3. The maximum Gasteiger partial charge on any atom is 0.225 e. The quantitative estimate of drug-likeness (QED) is 0.565. The van der Waals surface area contributed by atoms with Gasteiger partial charge in [0.15, 0.2) is 0 Å². The van der Waals surface area contributed by atoms with Crippen molar-refractivity contribution in [3.05, 3.63) is 48.2 Å². The molecule has 0 bridgehead atoms. The molecule has 1 aliphatic heterocycles. The fourth-order valence-electron chi connectivity index (χ4n) is 3.89. The first-order chi connectivity index (χ1) is 14.3. The van der Waals surface area contributed by atoms with Crippen LogP contribution >= 0.6 is 0 Å². The Balaban J connectivity index is 1.55. The molecule has 150 valence electrons. The molecule has 2 aliphatic rings. The Bertz CT molecular complexity index is 1030. The SMILES string of the molecule is C[C@@H](Nc1nc(NCc2ncco2)nc2c(C3=CCNCC3)cccc12)C1CC1. The number of aromatic nitrogens is 3. The fourth-order valence-corrected chi connectivity index (χ4v) is 3.89. The van der Waals surface area contributed by atoms with Gasteiger partial charge < -0.3 is 20.4 Å². The maximum atomic E-state index is 5.34. The normalized spacial score (nSPS) is 17.8. The van der Waals surface area contributed by atoms with E-state index in [1.807, 2.05) is 0 Å². The van der Waals surface area contributed by atoms with Gasteiger partial charge in [-0.1, -0.05) is 18.2 Å². The van der Waals surface area contributed by atoms with Gasteiger partial charge in [-0.2, -0.15) is 4.98 Å². The molecule has 2 aromatic heterocycles. The van der Waals surface area contributed by atoms with Gasteiger partial charge in [0.05, 0.1) is 18.3 Å². The molecule has 0 unspecified atom stereocenters. The van der Waals surface area contributed by atoms with Crippen molar-refractivity contribution in [2.24, 2.45) is 5.92 Å². The second kappa shape index (κ2) is 7.83. The summed E-state index contributed by atoms with van der Waals surface area (Å²) in [6.45, 7) is 4.58. The number of nitrogens with zero attached hydrogens (tertiary/aromatic N) is 3. The molecule has 3 N–H and O–H groups in total. The Labute approximate surface area is 170 Å². The van der Waals surface area contributed by atoms with E-state index in [0.717, 1.165) is 42.1 Å². The number of anilines is 2. The average molecular weight is 390 g/mol. The third kappa shape index (κ3) is 3.96. The minimum absolute atomic E-state index is 0.398. The first kappa shape index (κ1) is 18.1. The number of hydrogen-bond donors (Lipinski definition) is 3. The van der Waals surface area contributed by atoms with Crippen LogP contribution in [0.4, 0.5) is 11.8 Å². The van der Waals surface area contributed by atoms with Gasteiger partial charge in [-0.25, -0.2) is 9.97 Å². The van der Waals surface area contributed by atoms with Gasteiger partial charge in [-0.3, -0.25) is 0 Å². The van der Waals surface area contributed by atoms with Crippen molar-refractivity contribution in [1.82, 2.24) is 20.3 Å². The number of hydrogen-bond acceptors (Lipinski definition) is 7. The summed E-state index contributed by atoms with van der Waals surface area (Å²) in [4.78, 5) is 13.9. The van der Waals surface area contributed by atoms with E-state index in [0.29, 0.717) is 24.4 Å². The van der Waals surface area contributed by atoms with Crippen molar-refractivity contribution < 1.29 is 4.42 Å². The highest BCUT2D eigenvalue weighted by Gasteiger charge is 2.28. The summed E-state index contributed by atoms with van der Waals surface area (Å²) in [6.07, 6.45) is 9.06. The molecule has 3 heterocycles. The fraction of sp³-hybridized carbons (Fsp3) is 0.409. The molecule has 0 amide bonds. The summed E-state index contributed by atoms with van der Waals surface area (Å²) in [5, 5.41) is 11.4. The summed E-state index contributed by atoms with van der Waals surface area (Å²) in [7, 11) is 0. The third-order valence-corrected chi connectivity index (χ3v) is 5.71. The molecule has 1 fully saturated rings. The van der Waals surface area contributed by atoms with Gasteiger partial charge in [-0.15, -0.1) is 0 Å².